The summed E-state index contributed by atoms with van der Waals surface area (Å²) in [6, 6.07) is 9.59. The van der Waals surface area contributed by atoms with E-state index < -0.39 is 0 Å². The lowest BCUT2D eigenvalue weighted by Crippen LogP contribution is -2.63. The van der Waals surface area contributed by atoms with Crippen LogP contribution in [0.5, 0.6) is 0 Å². The van der Waals surface area contributed by atoms with Crippen molar-refractivity contribution in [2.75, 3.05) is 13.1 Å². The van der Waals surface area contributed by atoms with Crippen LogP contribution in [0.3, 0.4) is 0 Å². The highest BCUT2D eigenvalue weighted by atomic mass is 15.2. The van der Waals surface area contributed by atoms with Crippen molar-refractivity contribution in [2.45, 2.75) is 58.0 Å². The van der Waals surface area contributed by atoms with Gasteiger partial charge in [-0.3, -0.25) is 4.90 Å². The number of likely N-dealkylation sites (tertiary alicyclic amines) is 1. The molecule has 1 aromatic carbocycles. The van der Waals surface area contributed by atoms with Crippen LogP contribution in [0.25, 0.3) is 0 Å². The lowest BCUT2D eigenvalue weighted by atomic mass is 9.73. The summed E-state index contributed by atoms with van der Waals surface area (Å²) in [4.78, 5) is 2.77. The highest BCUT2D eigenvalue weighted by Gasteiger charge is 2.44. The largest absolute Gasteiger partial charge is 0.329 e. The summed E-state index contributed by atoms with van der Waals surface area (Å²) in [7, 11) is 0. The molecule has 4 atom stereocenters. The Bertz CT molecular complexity index is 498. The van der Waals surface area contributed by atoms with Crippen molar-refractivity contribution in [1.29, 1.82) is 0 Å². The SMILES string of the molecule is CC1CC(C)C(C)N(C2(CN)CCc3ccccc3C2)C1. The average Bonchev–Trinajstić information content (AvgIpc) is 2.50. The van der Waals surface area contributed by atoms with Gasteiger partial charge in [-0.1, -0.05) is 38.1 Å². The Hall–Kier alpha value is -0.860. The Labute approximate surface area is 129 Å². The highest BCUT2D eigenvalue weighted by Crippen LogP contribution is 2.39. The molecule has 21 heavy (non-hydrogen) atoms. The highest BCUT2D eigenvalue weighted by molar-refractivity contribution is 5.32. The molecule has 2 aliphatic rings. The number of benzene rings is 1. The number of fused-ring (bicyclic) bond motifs is 1. The van der Waals surface area contributed by atoms with Crippen molar-refractivity contribution in [3.8, 4) is 0 Å². The Morgan fingerprint density at radius 3 is 2.62 bits per heavy atom. The van der Waals surface area contributed by atoms with E-state index >= 15 is 0 Å². The van der Waals surface area contributed by atoms with E-state index in [0.29, 0.717) is 6.04 Å². The molecule has 2 nitrogen and oxygen atoms in total. The predicted molar refractivity (Wildman–Crippen MR) is 89.4 cm³/mol. The van der Waals surface area contributed by atoms with Gasteiger partial charge in [-0.05, 0) is 55.6 Å². The maximum absolute atomic E-state index is 6.34. The Morgan fingerprint density at radius 1 is 1.19 bits per heavy atom. The van der Waals surface area contributed by atoms with Crippen LogP contribution >= 0.6 is 0 Å². The summed E-state index contributed by atoms with van der Waals surface area (Å²) in [5.74, 6) is 1.56. The molecule has 0 amide bonds. The zero-order valence-corrected chi connectivity index (χ0v) is 13.8. The van der Waals surface area contributed by atoms with Gasteiger partial charge >= 0.3 is 0 Å². The third-order valence-corrected chi connectivity index (χ3v) is 6.08. The fraction of sp³-hybridized carbons (Fsp3) is 0.684. The van der Waals surface area contributed by atoms with E-state index in [4.69, 9.17) is 5.73 Å². The Balaban J connectivity index is 1.91. The third-order valence-electron chi connectivity index (χ3n) is 6.08. The quantitative estimate of drug-likeness (QED) is 0.904. The standard InChI is InChI=1S/C19H30N2/c1-14-10-15(2)16(3)21(12-14)19(13-20)9-8-17-6-4-5-7-18(17)11-19/h4-7,14-16H,8-13,20H2,1-3H3. The molecule has 1 aromatic rings. The topological polar surface area (TPSA) is 29.3 Å². The molecule has 0 aromatic heterocycles. The molecule has 116 valence electrons. The molecule has 0 radical (unpaired) electrons. The van der Waals surface area contributed by atoms with Crippen LogP contribution in [0.15, 0.2) is 24.3 Å². The van der Waals surface area contributed by atoms with Gasteiger partial charge in [0.2, 0.25) is 0 Å². The first-order valence-corrected chi connectivity index (χ1v) is 8.59. The van der Waals surface area contributed by atoms with Crippen molar-refractivity contribution in [2.24, 2.45) is 17.6 Å². The molecule has 1 saturated heterocycles. The number of piperidine rings is 1. The zero-order chi connectivity index (χ0) is 15.0. The van der Waals surface area contributed by atoms with Gasteiger partial charge in [0.1, 0.15) is 0 Å². The second kappa shape index (κ2) is 5.73. The van der Waals surface area contributed by atoms with Gasteiger partial charge in [0.15, 0.2) is 0 Å². The average molecular weight is 286 g/mol. The van der Waals surface area contributed by atoms with E-state index in [2.05, 4.69) is 49.9 Å². The van der Waals surface area contributed by atoms with Crippen molar-refractivity contribution in [3.05, 3.63) is 35.4 Å². The number of hydrogen-bond donors (Lipinski definition) is 1. The molecule has 1 heterocycles. The molecule has 1 aliphatic heterocycles. The first kappa shape index (κ1) is 15.1. The van der Waals surface area contributed by atoms with E-state index in [1.165, 1.54) is 36.9 Å². The van der Waals surface area contributed by atoms with Crippen LogP contribution in [0.2, 0.25) is 0 Å². The Kier molecular flexibility index (Phi) is 4.11. The molecule has 1 fully saturated rings. The number of nitrogens with zero attached hydrogens (tertiary/aromatic N) is 1. The normalized spacial score (nSPS) is 37.2. The van der Waals surface area contributed by atoms with Gasteiger partial charge in [-0.15, -0.1) is 0 Å². The summed E-state index contributed by atoms with van der Waals surface area (Å²) in [6.45, 7) is 9.22. The monoisotopic (exact) mass is 286 g/mol. The number of aryl methyl sites for hydroxylation is 1. The van der Waals surface area contributed by atoms with Crippen molar-refractivity contribution >= 4 is 0 Å². The molecule has 0 bridgehead atoms. The molecule has 0 spiro atoms. The second-order valence-electron chi connectivity index (χ2n) is 7.59. The summed E-state index contributed by atoms with van der Waals surface area (Å²) >= 11 is 0. The molecule has 1 aliphatic carbocycles. The molecular formula is C19H30N2. The van der Waals surface area contributed by atoms with Gasteiger partial charge in [-0.2, -0.15) is 0 Å². The summed E-state index contributed by atoms with van der Waals surface area (Å²) in [5, 5.41) is 0. The number of nitrogens with two attached hydrogens (primary N) is 1. The minimum atomic E-state index is 0.177. The molecule has 2 heteroatoms. The summed E-state index contributed by atoms with van der Waals surface area (Å²) < 4.78 is 0. The van der Waals surface area contributed by atoms with Crippen molar-refractivity contribution in [1.82, 2.24) is 4.90 Å². The van der Waals surface area contributed by atoms with Crippen molar-refractivity contribution < 1.29 is 0 Å². The van der Waals surface area contributed by atoms with Gasteiger partial charge < -0.3 is 5.73 Å². The lowest BCUT2D eigenvalue weighted by Gasteiger charge is -2.54. The van der Waals surface area contributed by atoms with E-state index in [1.807, 2.05) is 0 Å². The van der Waals surface area contributed by atoms with Crippen LogP contribution in [-0.2, 0) is 12.8 Å². The van der Waals surface area contributed by atoms with Crippen LogP contribution in [-0.4, -0.2) is 29.6 Å². The summed E-state index contributed by atoms with van der Waals surface area (Å²) in [6.07, 6.45) is 4.88. The van der Waals surface area contributed by atoms with Gasteiger partial charge in [0.25, 0.3) is 0 Å². The minimum Gasteiger partial charge on any atom is -0.329 e. The number of rotatable bonds is 2. The van der Waals surface area contributed by atoms with Crippen LogP contribution in [0.4, 0.5) is 0 Å². The molecule has 4 unspecified atom stereocenters. The van der Waals surface area contributed by atoms with Gasteiger partial charge in [-0.25, -0.2) is 0 Å². The van der Waals surface area contributed by atoms with Crippen molar-refractivity contribution in [3.63, 3.8) is 0 Å². The summed E-state index contributed by atoms with van der Waals surface area (Å²) in [5.41, 5.74) is 9.57. The molecule has 2 N–H and O–H groups in total. The first-order valence-electron chi connectivity index (χ1n) is 8.59. The second-order valence-corrected chi connectivity index (χ2v) is 7.59. The van der Waals surface area contributed by atoms with E-state index in [1.54, 1.807) is 0 Å². The van der Waals surface area contributed by atoms with E-state index in [9.17, 15) is 0 Å². The smallest absolute Gasteiger partial charge is 0.0378 e. The fourth-order valence-corrected chi connectivity index (χ4v) is 4.66. The third kappa shape index (κ3) is 2.64. The zero-order valence-electron chi connectivity index (χ0n) is 13.8. The maximum Gasteiger partial charge on any atom is 0.0378 e. The van der Waals surface area contributed by atoms with E-state index in [-0.39, 0.29) is 5.54 Å². The van der Waals surface area contributed by atoms with E-state index in [0.717, 1.165) is 24.8 Å². The maximum atomic E-state index is 6.34. The molecule has 3 rings (SSSR count). The Morgan fingerprint density at radius 2 is 1.90 bits per heavy atom. The molecular weight excluding hydrogens is 256 g/mol. The minimum absolute atomic E-state index is 0.177. The predicted octanol–water partition coefficient (Wildman–Crippen LogP) is 3.24. The first-order chi connectivity index (χ1) is 10.1. The van der Waals surface area contributed by atoms with Crippen LogP contribution in [0, 0.1) is 11.8 Å². The van der Waals surface area contributed by atoms with Crippen LogP contribution in [0.1, 0.15) is 44.7 Å². The van der Waals surface area contributed by atoms with Gasteiger partial charge in [0.05, 0.1) is 0 Å². The lowest BCUT2D eigenvalue weighted by molar-refractivity contribution is -0.0234. The fourth-order valence-electron chi connectivity index (χ4n) is 4.66. The molecule has 0 saturated carbocycles. The van der Waals surface area contributed by atoms with Gasteiger partial charge in [0, 0.05) is 24.7 Å². The number of hydrogen-bond acceptors (Lipinski definition) is 2. The van der Waals surface area contributed by atoms with Crippen LogP contribution < -0.4 is 5.73 Å².